The maximum atomic E-state index is 13.6. The minimum atomic E-state index is -0.800. The van der Waals surface area contributed by atoms with Gasteiger partial charge in [-0.05, 0) is 46.8 Å². The molecule has 0 atom stereocenters. The van der Waals surface area contributed by atoms with Gasteiger partial charge in [0.1, 0.15) is 5.82 Å². The lowest BCUT2D eigenvalue weighted by atomic mass is 9.84. The molecule has 112 valence electrons. The molecular formula is C14H19BrF2N2O. The van der Waals surface area contributed by atoms with Gasteiger partial charge < -0.3 is 11.1 Å². The lowest BCUT2D eigenvalue weighted by molar-refractivity contribution is -0.116. The molecule has 0 unspecified atom stereocenters. The number of hydrogen-bond acceptors (Lipinski definition) is 2. The SMILES string of the molecule is CC(C)(CCN)CCC(=O)Nc1c(F)cc(F)cc1Br. The number of carbonyl (C=O) groups excluding carboxylic acids is 1. The van der Waals surface area contributed by atoms with E-state index in [-0.39, 0.29) is 27.9 Å². The van der Waals surface area contributed by atoms with Crippen LogP contribution in [0.25, 0.3) is 0 Å². The Kier molecular flexibility index (Phi) is 6.07. The van der Waals surface area contributed by atoms with Gasteiger partial charge in [-0.25, -0.2) is 8.78 Å². The van der Waals surface area contributed by atoms with Crippen molar-refractivity contribution in [1.82, 2.24) is 0 Å². The van der Waals surface area contributed by atoms with Crippen molar-refractivity contribution in [1.29, 1.82) is 0 Å². The van der Waals surface area contributed by atoms with Crippen molar-refractivity contribution >= 4 is 27.5 Å². The molecular weight excluding hydrogens is 330 g/mol. The first-order chi connectivity index (χ1) is 9.25. The lowest BCUT2D eigenvalue weighted by Gasteiger charge is -2.23. The van der Waals surface area contributed by atoms with Crippen LogP contribution in [0.4, 0.5) is 14.5 Å². The second-order valence-electron chi connectivity index (χ2n) is 5.50. The van der Waals surface area contributed by atoms with Gasteiger partial charge in [0.05, 0.1) is 5.69 Å². The standard InChI is InChI=1S/C14H19BrF2N2O/c1-14(2,5-6-18)4-3-12(20)19-13-10(15)7-9(16)8-11(13)17/h7-8H,3-6,18H2,1-2H3,(H,19,20). The third-order valence-electron chi connectivity index (χ3n) is 3.12. The number of rotatable bonds is 6. The summed E-state index contributed by atoms with van der Waals surface area (Å²) in [4.78, 5) is 11.8. The molecule has 0 spiro atoms. The van der Waals surface area contributed by atoms with Crippen LogP contribution in [0.1, 0.15) is 33.1 Å². The summed E-state index contributed by atoms with van der Waals surface area (Å²) < 4.78 is 26.7. The quantitative estimate of drug-likeness (QED) is 0.820. The fourth-order valence-electron chi connectivity index (χ4n) is 1.83. The van der Waals surface area contributed by atoms with E-state index in [0.29, 0.717) is 13.0 Å². The van der Waals surface area contributed by atoms with Gasteiger partial charge in [-0.2, -0.15) is 0 Å². The highest BCUT2D eigenvalue weighted by molar-refractivity contribution is 9.10. The molecule has 1 rings (SSSR count). The van der Waals surface area contributed by atoms with Crippen molar-refractivity contribution < 1.29 is 13.6 Å². The molecule has 0 radical (unpaired) electrons. The second kappa shape index (κ2) is 7.13. The predicted octanol–water partition coefficient (Wildman–Crippen LogP) is 3.82. The zero-order chi connectivity index (χ0) is 15.3. The Morgan fingerprint density at radius 2 is 2.00 bits per heavy atom. The van der Waals surface area contributed by atoms with Crippen LogP contribution >= 0.6 is 15.9 Å². The molecule has 1 aromatic carbocycles. The van der Waals surface area contributed by atoms with Crippen molar-refractivity contribution in [3.05, 3.63) is 28.2 Å². The van der Waals surface area contributed by atoms with Gasteiger partial charge in [-0.1, -0.05) is 13.8 Å². The molecule has 0 aromatic heterocycles. The van der Waals surface area contributed by atoms with Crippen LogP contribution in [0.5, 0.6) is 0 Å². The zero-order valence-electron chi connectivity index (χ0n) is 11.6. The zero-order valence-corrected chi connectivity index (χ0v) is 13.2. The minimum absolute atomic E-state index is 0.0342. The number of benzene rings is 1. The van der Waals surface area contributed by atoms with E-state index >= 15 is 0 Å². The van der Waals surface area contributed by atoms with Gasteiger partial charge in [0.25, 0.3) is 0 Å². The minimum Gasteiger partial charge on any atom is -0.330 e. The molecule has 0 aliphatic heterocycles. The van der Waals surface area contributed by atoms with Gasteiger partial charge in [0, 0.05) is 17.0 Å². The highest BCUT2D eigenvalue weighted by Gasteiger charge is 2.19. The highest BCUT2D eigenvalue weighted by atomic mass is 79.9. The van der Waals surface area contributed by atoms with Crippen molar-refractivity contribution in [3.8, 4) is 0 Å². The molecule has 1 aromatic rings. The molecule has 3 nitrogen and oxygen atoms in total. The van der Waals surface area contributed by atoms with E-state index < -0.39 is 11.6 Å². The number of nitrogens with one attached hydrogen (secondary N) is 1. The first-order valence-electron chi connectivity index (χ1n) is 6.39. The summed E-state index contributed by atoms with van der Waals surface area (Å²) in [5, 5.41) is 2.46. The largest absolute Gasteiger partial charge is 0.330 e. The number of carbonyl (C=O) groups is 1. The summed E-state index contributed by atoms with van der Waals surface area (Å²) in [6.07, 6.45) is 1.72. The van der Waals surface area contributed by atoms with Crippen LogP contribution in [0.3, 0.4) is 0 Å². The molecule has 20 heavy (non-hydrogen) atoms. The van der Waals surface area contributed by atoms with Gasteiger partial charge in [0.15, 0.2) is 5.82 Å². The molecule has 1 amide bonds. The summed E-state index contributed by atoms with van der Waals surface area (Å²) in [5.41, 5.74) is 5.44. The van der Waals surface area contributed by atoms with E-state index in [1.807, 2.05) is 13.8 Å². The molecule has 0 aliphatic carbocycles. The predicted molar refractivity (Wildman–Crippen MR) is 79.4 cm³/mol. The van der Waals surface area contributed by atoms with E-state index in [4.69, 9.17) is 5.73 Å². The summed E-state index contributed by atoms with van der Waals surface area (Å²) >= 11 is 3.03. The first kappa shape index (κ1) is 17.0. The molecule has 0 heterocycles. The Balaban J connectivity index is 2.64. The van der Waals surface area contributed by atoms with Crippen molar-refractivity contribution in [2.45, 2.75) is 33.1 Å². The highest BCUT2D eigenvalue weighted by Crippen LogP contribution is 2.29. The molecule has 0 bridgehead atoms. The number of anilines is 1. The average Bonchev–Trinajstić information content (AvgIpc) is 2.31. The van der Waals surface area contributed by atoms with E-state index in [0.717, 1.165) is 18.6 Å². The average molecular weight is 349 g/mol. The van der Waals surface area contributed by atoms with Crippen LogP contribution in [0.2, 0.25) is 0 Å². The Morgan fingerprint density at radius 1 is 1.35 bits per heavy atom. The molecule has 3 N–H and O–H groups in total. The van der Waals surface area contributed by atoms with E-state index in [9.17, 15) is 13.6 Å². The fourth-order valence-corrected chi connectivity index (χ4v) is 2.34. The van der Waals surface area contributed by atoms with Crippen LogP contribution in [0, 0.1) is 17.0 Å². The Bertz CT molecular complexity index is 469. The van der Waals surface area contributed by atoms with Gasteiger partial charge >= 0.3 is 0 Å². The Labute approximate surface area is 126 Å². The second-order valence-corrected chi connectivity index (χ2v) is 6.35. The third-order valence-corrected chi connectivity index (χ3v) is 3.75. The maximum absolute atomic E-state index is 13.6. The van der Waals surface area contributed by atoms with E-state index in [1.165, 1.54) is 0 Å². The van der Waals surface area contributed by atoms with Crippen LogP contribution in [-0.2, 0) is 4.79 Å². The Morgan fingerprint density at radius 3 is 2.55 bits per heavy atom. The lowest BCUT2D eigenvalue weighted by Crippen LogP contribution is -2.21. The third kappa shape index (κ3) is 5.17. The van der Waals surface area contributed by atoms with Gasteiger partial charge in [-0.3, -0.25) is 4.79 Å². The number of halogens is 3. The van der Waals surface area contributed by atoms with E-state index in [1.54, 1.807) is 0 Å². The van der Waals surface area contributed by atoms with Crippen LogP contribution < -0.4 is 11.1 Å². The van der Waals surface area contributed by atoms with Crippen molar-refractivity contribution in [2.24, 2.45) is 11.1 Å². The fraction of sp³-hybridized carbons (Fsp3) is 0.500. The summed E-state index contributed by atoms with van der Waals surface area (Å²) in [6.45, 7) is 4.62. The molecule has 0 saturated carbocycles. The van der Waals surface area contributed by atoms with Gasteiger partial charge in [0.2, 0.25) is 5.91 Å². The topological polar surface area (TPSA) is 55.1 Å². The molecule has 0 aliphatic rings. The molecule has 6 heteroatoms. The van der Waals surface area contributed by atoms with Crippen LogP contribution in [-0.4, -0.2) is 12.5 Å². The smallest absolute Gasteiger partial charge is 0.224 e. The summed E-state index contributed by atoms with van der Waals surface area (Å²) in [5.74, 6) is -1.80. The first-order valence-corrected chi connectivity index (χ1v) is 7.19. The summed E-state index contributed by atoms with van der Waals surface area (Å²) in [7, 11) is 0. The normalized spacial score (nSPS) is 11.5. The van der Waals surface area contributed by atoms with Crippen molar-refractivity contribution in [3.63, 3.8) is 0 Å². The maximum Gasteiger partial charge on any atom is 0.224 e. The van der Waals surface area contributed by atoms with Crippen LogP contribution in [0.15, 0.2) is 16.6 Å². The number of amides is 1. The molecule has 0 fully saturated rings. The van der Waals surface area contributed by atoms with Crippen molar-refractivity contribution in [2.75, 3.05) is 11.9 Å². The number of hydrogen-bond donors (Lipinski definition) is 2. The Hall–Kier alpha value is -1.01. The monoisotopic (exact) mass is 348 g/mol. The molecule has 0 saturated heterocycles. The van der Waals surface area contributed by atoms with Gasteiger partial charge in [-0.15, -0.1) is 0 Å². The number of nitrogens with two attached hydrogens (primary N) is 1. The van der Waals surface area contributed by atoms with E-state index in [2.05, 4.69) is 21.2 Å². The summed E-state index contributed by atoms with van der Waals surface area (Å²) in [6, 6.07) is 1.84.